The lowest BCUT2D eigenvalue weighted by Gasteiger charge is -2.06. The molecule has 0 heterocycles. The zero-order valence-corrected chi connectivity index (χ0v) is 8.21. The van der Waals surface area contributed by atoms with Gasteiger partial charge in [-0.15, -0.1) is 0 Å². The summed E-state index contributed by atoms with van der Waals surface area (Å²) in [4.78, 5) is 9.99. The van der Waals surface area contributed by atoms with Gasteiger partial charge in [-0.3, -0.25) is 0 Å². The van der Waals surface area contributed by atoms with Gasteiger partial charge in [0.25, 0.3) is 0 Å². The van der Waals surface area contributed by atoms with E-state index in [0.29, 0.717) is 19.3 Å². The van der Waals surface area contributed by atoms with Gasteiger partial charge in [-0.1, -0.05) is 0 Å². The van der Waals surface area contributed by atoms with E-state index >= 15 is 0 Å². The van der Waals surface area contributed by atoms with E-state index in [4.69, 9.17) is 4.74 Å². The Hall–Kier alpha value is -1.45. The molecule has 0 radical (unpaired) electrons. The number of hydrogen-bond donors (Lipinski definition) is 0. The maximum absolute atomic E-state index is 13.0. The second kappa shape index (κ2) is 6.11. The van der Waals surface area contributed by atoms with Crippen LogP contribution in [0, 0.1) is 11.6 Å². The lowest BCUT2D eigenvalue weighted by molar-refractivity contribution is -0.107. The average Bonchev–Trinajstić information content (AvgIpc) is 2.23. The Morgan fingerprint density at radius 2 is 2.07 bits per heavy atom. The molecule has 0 fully saturated rings. The Morgan fingerprint density at radius 1 is 1.27 bits per heavy atom. The predicted molar refractivity (Wildman–Crippen MR) is 51.8 cm³/mol. The molecule has 0 aliphatic heterocycles. The molecule has 0 unspecified atom stereocenters. The zero-order chi connectivity index (χ0) is 11.1. The summed E-state index contributed by atoms with van der Waals surface area (Å²) < 4.78 is 30.7. The summed E-state index contributed by atoms with van der Waals surface area (Å²) in [6, 6.07) is 3.07. The summed E-state index contributed by atoms with van der Waals surface area (Å²) in [6.45, 7) is 0.286. The van der Waals surface area contributed by atoms with Gasteiger partial charge in [0.1, 0.15) is 12.1 Å². The topological polar surface area (TPSA) is 26.3 Å². The van der Waals surface area contributed by atoms with Crippen LogP contribution in [-0.2, 0) is 4.79 Å². The third-order valence-electron chi connectivity index (χ3n) is 1.87. The largest absolute Gasteiger partial charge is 0.490 e. The monoisotopic (exact) mass is 214 g/mol. The quantitative estimate of drug-likeness (QED) is 0.537. The molecule has 0 amide bonds. The molecule has 0 N–H and O–H groups in total. The molecule has 0 aliphatic carbocycles. The number of ether oxygens (including phenoxy) is 1. The normalized spacial score (nSPS) is 10.0. The van der Waals surface area contributed by atoms with E-state index < -0.39 is 11.6 Å². The third kappa shape index (κ3) is 4.06. The minimum absolute atomic E-state index is 0.0823. The van der Waals surface area contributed by atoms with Crippen molar-refractivity contribution in [1.82, 2.24) is 0 Å². The number of aldehydes is 1. The molecule has 0 bridgehead atoms. The number of unbranched alkanes of at least 4 members (excludes halogenated alkanes) is 2. The van der Waals surface area contributed by atoms with Crippen LogP contribution in [-0.4, -0.2) is 12.9 Å². The van der Waals surface area contributed by atoms with Crippen LogP contribution >= 0.6 is 0 Å². The molecular formula is C11H12F2O2. The number of halogens is 2. The highest BCUT2D eigenvalue weighted by molar-refractivity contribution is 5.48. The Labute approximate surface area is 86.9 Å². The van der Waals surface area contributed by atoms with Crippen molar-refractivity contribution < 1.29 is 18.3 Å². The second-order valence-corrected chi connectivity index (χ2v) is 3.09. The van der Waals surface area contributed by atoms with Gasteiger partial charge in [0.2, 0.25) is 0 Å². The van der Waals surface area contributed by atoms with Crippen molar-refractivity contribution in [1.29, 1.82) is 0 Å². The number of carbonyl (C=O) groups is 1. The van der Waals surface area contributed by atoms with Gasteiger partial charge in [0.05, 0.1) is 6.61 Å². The number of carbonyl (C=O) groups excluding carboxylic acids is 1. The summed E-state index contributed by atoms with van der Waals surface area (Å²) in [5.41, 5.74) is 0. The fourth-order valence-corrected chi connectivity index (χ4v) is 1.10. The minimum atomic E-state index is -0.577. The van der Waals surface area contributed by atoms with E-state index in [1.54, 1.807) is 0 Å². The van der Waals surface area contributed by atoms with Gasteiger partial charge in [-0.25, -0.2) is 8.78 Å². The van der Waals surface area contributed by atoms with Crippen LogP contribution in [0.1, 0.15) is 19.3 Å². The molecule has 15 heavy (non-hydrogen) atoms. The van der Waals surface area contributed by atoms with Crippen molar-refractivity contribution in [2.45, 2.75) is 19.3 Å². The van der Waals surface area contributed by atoms with Crippen LogP contribution in [0.3, 0.4) is 0 Å². The van der Waals surface area contributed by atoms with Crippen LogP contribution in [0.5, 0.6) is 5.75 Å². The highest BCUT2D eigenvalue weighted by Crippen LogP contribution is 2.18. The molecule has 4 heteroatoms. The van der Waals surface area contributed by atoms with E-state index in [1.165, 1.54) is 0 Å². The molecule has 1 aromatic carbocycles. The highest BCUT2D eigenvalue weighted by Gasteiger charge is 2.04. The average molecular weight is 214 g/mol. The fourth-order valence-electron chi connectivity index (χ4n) is 1.10. The summed E-state index contributed by atoms with van der Waals surface area (Å²) in [5.74, 6) is -1.19. The first-order valence-corrected chi connectivity index (χ1v) is 4.75. The lowest BCUT2D eigenvalue weighted by atomic mass is 10.2. The van der Waals surface area contributed by atoms with Crippen molar-refractivity contribution in [3.05, 3.63) is 29.8 Å². The third-order valence-corrected chi connectivity index (χ3v) is 1.87. The van der Waals surface area contributed by atoms with Gasteiger partial charge < -0.3 is 9.53 Å². The van der Waals surface area contributed by atoms with Gasteiger partial charge in [-0.05, 0) is 25.0 Å². The number of hydrogen-bond acceptors (Lipinski definition) is 2. The van der Waals surface area contributed by atoms with Crippen molar-refractivity contribution in [2.75, 3.05) is 6.61 Å². The molecule has 82 valence electrons. The Balaban J connectivity index is 2.36. The maximum Gasteiger partial charge on any atom is 0.165 e. The Kier molecular flexibility index (Phi) is 4.74. The standard InChI is InChI=1S/C11H12F2O2/c12-9-4-5-10(13)11(8-9)15-7-3-1-2-6-14/h4-6,8H,1-3,7H2. The van der Waals surface area contributed by atoms with Crippen molar-refractivity contribution in [3.63, 3.8) is 0 Å². The summed E-state index contributed by atoms with van der Waals surface area (Å²) in [7, 11) is 0. The van der Waals surface area contributed by atoms with Gasteiger partial charge >= 0.3 is 0 Å². The Bertz CT molecular complexity index is 326. The first kappa shape index (κ1) is 11.6. The molecule has 1 aromatic rings. The van der Waals surface area contributed by atoms with Crippen LogP contribution in [0.25, 0.3) is 0 Å². The van der Waals surface area contributed by atoms with E-state index in [-0.39, 0.29) is 12.4 Å². The van der Waals surface area contributed by atoms with Gasteiger partial charge in [-0.2, -0.15) is 0 Å². The van der Waals surface area contributed by atoms with E-state index in [2.05, 4.69) is 0 Å². The molecule has 2 nitrogen and oxygen atoms in total. The highest BCUT2D eigenvalue weighted by atomic mass is 19.1. The summed E-state index contributed by atoms with van der Waals surface area (Å²) in [5, 5.41) is 0. The first-order chi connectivity index (χ1) is 7.24. The summed E-state index contributed by atoms with van der Waals surface area (Å²) in [6.07, 6.45) is 2.63. The predicted octanol–water partition coefficient (Wildman–Crippen LogP) is 2.71. The second-order valence-electron chi connectivity index (χ2n) is 3.09. The Morgan fingerprint density at radius 3 is 2.80 bits per heavy atom. The van der Waals surface area contributed by atoms with Crippen LogP contribution < -0.4 is 4.74 Å². The van der Waals surface area contributed by atoms with Crippen LogP contribution in [0.15, 0.2) is 18.2 Å². The fraction of sp³-hybridized carbons (Fsp3) is 0.364. The van der Waals surface area contributed by atoms with Crippen molar-refractivity contribution in [3.8, 4) is 5.75 Å². The van der Waals surface area contributed by atoms with Crippen molar-refractivity contribution in [2.24, 2.45) is 0 Å². The van der Waals surface area contributed by atoms with Crippen LogP contribution in [0.4, 0.5) is 8.78 Å². The van der Waals surface area contributed by atoms with E-state index in [0.717, 1.165) is 24.5 Å². The maximum atomic E-state index is 13.0. The van der Waals surface area contributed by atoms with Crippen molar-refractivity contribution >= 4 is 6.29 Å². The first-order valence-electron chi connectivity index (χ1n) is 4.75. The van der Waals surface area contributed by atoms with Gasteiger partial charge in [0.15, 0.2) is 11.6 Å². The van der Waals surface area contributed by atoms with Crippen LogP contribution in [0.2, 0.25) is 0 Å². The SMILES string of the molecule is O=CCCCCOc1cc(F)ccc1F. The number of benzene rings is 1. The zero-order valence-electron chi connectivity index (χ0n) is 8.21. The molecule has 0 aliphatic rings. The summed E-state index contributed by atoms with van der Waals surface area (Å²) >= 11 is 0. The minimum Gasteiger partial charge on any atom is -0.490 e. The molecule has 0 spiro atoms. The van der Waals surface area contributed by atoms with E-state index in [9.17, 15) is 13.6 Å². The molecular weight excluding hydrogens is 202 g/mol. The molecule has 1 rings (SSSR count). The number of rotatable bonds is 6. The van der Waals surface area contributed by atoms with E-state index in [1.807, 2.05) is 0 Å². The molecule has 0 saturated carbocycles. The molecule has 0 aromatic heterocycles. The molecule has 0 saturated heterocycles. The smallest absolute Gasteiger partial charge is 0.165 e. The lowest BCUT2D eigenvalue weighted by Crippen LogP contribution is -1.99. The molecule has 0 atom stereocenters. The van der Waals surface area contributed by atoms with Gasteiger partial charge in [0, 0.05) is 12.5 Å².